The predicted octanol–water partition coefficient (Wildman–Crippen LogP) is 1.79. The van der Waals surface area contributed by atoms with Crippen LogP contribution in [0.4, 0.5) is 5.69 Å². The monoisotopic (exact) mass is 292 g/mol. The second kappa shape index (κ2) is 6.91. The molecule has 1 aliphatic carbocycles. The maximum absolute atomic E-state index is 11.9. The number of rotatable bonds is 4. The highest BCUT2D eigenvalue weighted by Gasteiger charge is 2.27. The summed E-state index contributed by atoms with van der Waals surface area (Å²) < 4.78 is 4.82. The van der Waals surface area contributed by atoms with Crippen molar-refractivity contribution in [3.63, 3.8) is 0 Å². The van der Waals surface area contributed by atoms with E-state index < -0.39 is 5.97 Å². The van der Waals surface area contributed by atoms with Crippen molar-refractivity contribution in [2.24, 2.45) is 0 Å². The zero-order chi connectivity index (χ0) is 15.4. The number of methoxy groups -OCH3 is 1. The van der Waals surface area contributed by atoms with Crippen molar-refractivity contribution in [1.82, 2.24) is 4.90 Å². The van der Waals surface area contributed by atoms with Gasteiger partial charge in [-0.25, -0.2) is 4.79 Å². The first-order valence-corrected chi connectivity index (χ1v) is 7.38. The second-order valence-electron chi connectivity index (χ2n) is 5.71. The van der Waals surface area contributed by atoms with Gasteiger partial charge in [0.25, 0.3) is 0 Å². The van der Waals surface area contributed by atoms with Gasteiger partial charge in [0.15, 0.2) is 0 Å². The molecule has 1 fully saturated rings. The fourth-order valence-corrected chi connectivity index (χ4v) is 3.09. The Labute approximate surface area is 125 Å². The number of ether oxygens (including phenoxy) is 1. The molecule has 1 saturated carbocycles. The molecule has 0 aliphatic heterocycles. The van der Waals surface area contributed by atoms with E-state index in [9.17, 15) is 9.90 Å². The number of hydrogen-bond donors (Lipinski definition) is 2. The van der Waals surface area contributed by atoms with Crippen molar-refractivity contribution >= 4 is 11.7 Å². The number of carbonyl (C=O) groups is 1. The number of aliphatic hydroxyl groups is 1. The van der Waals surface area contributed by atoms with Crippen LogP contribution in [0.25, 0.3) is 0 Å². The maximum atomic E-state index is 11.9. The van der Waals surface area contributed by atoms with E-state index in [1.807, 2.05) is 19.2 Å². The Bertz CT molecular complexity index is 504. The molecule has 0 radical (unpaired) electrons. The first-order chi connectivity index (χ1) is 10.0. The number of nitrogen functional groups attached to an aromatic ring is 1. The molecule has 1 aromatic carbocycles. The van der Waals surface area contributed by atoms with Crippen molar-refractivity contribution in [1.29, 1.82) is 0 Å². The highest BCUT2D eigenvalue weighted by atomic mass is 16.5. The lowest BCUT2D eigenvalue weighted by atomic mass is 9.91. The Kier molecular flexibility index (Phi) is 5.20. The Morgan fingerprint density at radius 3 is 2.81 bits per heavy atom. The van der Waals surface area contributed by atoms with E-state index in [0.717, 1.165) is 31.2 Å². The van der Waals surface area contributed by atoms with E-state index in [2.05, 4.69) is 4.90 Å². The van der Waals surface area contributed by atoms with E-state index in [-0.39, 0.29) is 12.1 Å². The molecule has 116 valence electrons. The molecule has 2 rings (SSSR count). The van der Waals surface area contributed by atoms with Crippen LogP contribution in [0, 0.1) is 0 Å². The van der Waals surface area contributed by atoms with E-state index >= 15 is 0 Å². The summed E-state index contributed by atoms with van der Waals surface area (Å²) in [5.74, 6) is -0.416. The molecule has 0 saturated heterocycles. The standard InChI is InChI=1S/C16H24N2O3/c1-18(13-8-3-4-9-14(13)19)10-11-6-5-7-12(17)15(11)16(20)21-2/h5-7,13-14,19H,3-4,8-10,17H2,1-2H3. The minimum Gasteiger partial charge on any atom is -0.465 e. The molecule has 1 aromatic rings. The summed E-state index contributed by atoms with van der Waals surface area (Å²) in [6, 6.07) is 5.55. The first kappa shape index (κ1) is 15.8. The molecular formula is C16H24N2O3. The van der Waals surface area contributed by atoms with Crippen molar-refractivity contribution in [3.8, 4) is 0 Å². The third-order valence-electron chi connectivity index (χ3n) is 4.25. The maximum Gasteiger partial charge on any atom is 0.340 e. The molecule has 0 aromatic heterocycles. The number of nitrogens with two attached hydrogens (primary N) is 1. The number of hydrogen-bond acceptors (Lipinski definition) is 5. The molecule has 1 aliphatic rings. The molecule has 21 heavy (non-hydrogen) atoms. The Morgan fingerprint density at radius 2 is 2.14 bits per heavy atom. The van der Waals surface area contributed by atoms with Crippen LogP contribution in [-0.4, -0.2) is 42.3 Å². The number of esters is 1. The van der Waals surface area contributed by atoms with Gasteiger partial charge in [0.2, 0.25) is 0 Å². The van der Waals surface area contributed by atoms with Crippen LogP contribution in [0.15, 0.2) is 18.2 Å². The smallest absolute Gasteiger partial charge is 0.340 e. The number of aliphatic hydroxyl groups excluding tert-OH is 1. The highest BCUT2D eigenvalue weighted by Crippen LogP contribution is 2.25. The third kappa shape index (κ3) is 3.54. The van der Waals surface area contributed by atoms with Crippen LogP contribution >= 0.6 is 0 Å². The van der Waals surface area contributed by atoms with E-state index in [4.69, 9.17) is 10.5 Å². The summed E-state index contributed by atoms with van der Waals surface area (Å²) in [5.41, 5.74) is 7.60. The van der Waals surface area contributed by atoms with E-state index in [1.165, 1.54) is 7.11 Å². The van der Waals surface area contributed by atoms with Gasteiger partial charge in [-0.1, -0.05) is 25.0 Å². The van der Waals surface area contributed by atoms with Crippen molar-refractivity contribution in [3.05, 3.63) is 29.3 Å². The summed E-state index contributed by atoms with van der Waals surface area (Å²) in [6.07, 6.45) is 3.74. The van der Waals surface area contributed by atoms with Gasteiger partial charge in [-0.05, 0) is 31.5 Å². The van der Waals surface area contributed by atoms with Gasteiger partial charge in [-0.2, -0.15) is 0 Å². The molecular weight excluding hydrogens is 268 g/mol. The van der Waals surface area contributed by atoms with Gasteiger partial charge >= 0.3 is 5.97 Å². The molecule has 5 heteroatoms. The third-order valence-corrected chi connectivity index (χ3v) is 4.25. The van der Waals surface area contributed by atoms with Crippen molar-refractivity contribution in [2.45, 2.75) is 44.4 Å². The largest absolute Gasteiger partial charge is 0.465 e. The van der Waals surface area contributed by atoms with Crippen LogP contribution < -0.4 is 5.73 Å². The second-order valence-corrected chi connectivity index (χ2v) is 5.71. The molecule has 0 bridgehead atoms. The summed E-state index contributed by atoms with van der Waals surface area (Å²) in [5, 5.41) is 10.1. The Balaban J connectivity index is 2.19. The van der Waals surface area contributed by atoms with Crippen LogP contribution in [0.3, 0.4) is 0 Å². The van der Waals surface area contributed by atoms with Crippen molar-refractivity contribution in [2.75, 3.05) is 19.9 Å². The average molecular weight is 292 g/mol. The summed E-state index contributed by atoms with van der Waals surface area (Å²) >= 11 is 0. The van der Waals surface area contributed by atoms with Gasteiger partial charge in [0, 0.05) is 18.3 Å². The Morgan fingerprint density at radius 1 is 1.43 bits per heavy atom. The van der Waals surface area contributed by atoms with Crippen LogP contribution in [0.2, 0.25) is 0 Å². The number of carbonyl (C=O) groups excluding carboxylic acids is 1. The van der Waals surface area contributed by atoms with Crippen LogP contribution in [0.5, 0.6) is 0 Å². The SMILES string of the molecule is COC(=O)c1c(N)cccc1CN(C)C1CCCCC1O. The summed E-state index contributed by atoms with van der Waals surface area (Å²) in [6.45, 7) is 0.567. The van der Waals surface area contributed by atoms with E-state index in [0.29, 0.717) is 17.8 Å². The van der Waals surface area contributed by atoms with Crippen molar-refractivity contribution < 1.29 is 14.6 Å². The molecule has 2 atom stereocenters. The fraction of sp³-hybridized carbons (Fsp3) is 0.562. The minimum absolute atomic E-state index is 0.130. The lowest BCUT2D eigenvalue weighted by Crippen LogP contribution is -2.43. The number of nitrogens with zero attached hydrogens (tertiary/aromatic N) is 1. The minimum atomic E-state index is -0.416. The van der Waals surface area contributed by atoms with Gasteiger partial charge in [0.05, 0.1) is 18.8 Å². The molecule has 5 nitrogen and oxygen atoms in total. The normalized spacial score (nSPS) is 22.3. The topological polar surface area (TPSA) is 75.8 Å². The number of benzene rings is 1. The van der Waals surface area contributed by atoms with Crippen LogP contribution in [0.1, 0.15) is 41.6 Å². The first-order valence-electron chi connectivity index (χ1n) is 7.38. The van der Waals surface area contributed by atoms with Gasteiger partial charge in [-0.3, -0.25) is 4.90 Å². The lowest BCUT2D eigenvalue weighted by Gasteiger charge is -2.35. The number of anilines is 1. The molecule has 2 unspecified atom stereocenters. The van der Waals surface area contributed by atoms with Gasteiger partial charge in [-0.15, -0.1) is 0 Å². The summed E-state index contributed by atoms with van der Waals surface area (Å²) in [7, 11) is 3.33. The molecule has 0 amide bonds. The molecule has 3 N–H and O–H groups in total. The zero-order valence-corrected chi connectivity index (χ0v) is 12.7. The van der Waals surface area contributed by atoms with E-state index in [1.54, 1.807) is 6.07 Å². The Hall–Kier alpha value is -1.59. The number of likely N-dealkylation sites (N-methyl/N-ethyl adjacent to an activating group) is 1. The summed E-state index contributed by atoms with van der Waals surface area (Å²) in [4.78, 5) is 14.0. The average Bonchev–Trinajstić information content (AvgIpc) is 2.47. The lowest BCUT2D eigenvalue weighted by molar-refractivity contribution is 0.0286. The van der Waals surface area contributed by atoms with Crippen LogP contribution in [-0.2, 0) is 11.3 Å². The highest BCUT2D eigenvalue weighted by molar-refractivity contribution is 5.96. The quantitative estimate of drug-likeness (QED) is 0.653. The predicted molar refractivity (Wildman–Crippen MR) is 81.9 cm³/mol. The molecule has 0 spiro atoms. The molecule has 0 heterocycles. The zero-order valence-electron chi connectivity index (χ0n) is 12.7. The van der Waals surface area contributed by atoms with Gasteiger partial charge in [0.1, 0.15) is 0 Å². The van der Waals surface area contributed by atoms with Gasteiger partial charge < -0.3 is 15.6 Å². The fourth-order valence-electron chi connectivity index (χ4n) is 3.09.